The summed E-state index contributed by atoms with van der Waals surface area (Å²) in [6, 6.07) is 8.44. The van der Waals surface area contributed by atoms with Crippen molar-refractivity contribution < 1.29 is 4.74 Å². The summed E-state index contributed by atoms with van der Waals surface area (Å²) in [6.07, 6.45) is 3.21. The van der Waals surface area contributed by atoms with Gasteiger partial charge < -0.3 is 10.5 Å². The van der Waals surface area contributed by atoms with Gasteiger partial charge in [-0.2, -0.15) is 0 Å². The van der Waals surface area contributed by atoms with Crippen LogP contribution in [-0.2, 0) is 6.42 Å². The molecule has 0 amide bonds. The molecule has 0 aliphatic carbocycles. The summed E-state index contributed by atoms with van der Waals surface area (Å²) in [5, 5.41) is 0. The summed E-state index contributed by atoms with van der Waals surface area (Å²) >= 11 is 0. The van der Waals surface area contributed by atoms with E-state index in [0.717, 1.165) is 25.2 Å². The van der Waals surface area contributed by atoms with Gasteiger partial charge in [0.25, 0.3) is 0 Å². The summed E-state index contributed by atoms with van der Waals surface area (Å²) in [5.41, 5.74) is 7.00. The second kappa shape index (κ2) is 6.46. The molecule has 0 radical (unpaired) electrons. The van der Waals surface area contributed by atoms with Crippen LogP contribution in [0.25, 0.3) is 0 Å². The fourth-order valence-corrected chi connectivity index (χ4v) is 1.43. The van der Waals surface area contributed by atoms with E-state index in [1.807, 2.05) is 19.1 Å². The highest BCUT2D eigenvalue weighted by Crippen LogP contribution is 2.13. The third-order valence-corrected chi connectivity index (χ3v) is 2.25. The first kappa shape index (κ1) is 12.1. The third kappa shape index (κ3) is 4.84. The summed E-state index contributed by atoms with van der Waals surface area (Å²) in [4.78, 5) is 0. The molecule has 0 saturated heterocycles. The molecule has 2 N–H and O–H groups in total. The average molecular weight is 207 g/mol. The van der Waals surface area contributed by atoms with E-state index in [9.17, 15) is 0 Å². The van der Waals surface area contributed by atoms with Crippen molar-refractivity contribution in [3.05, 3.63) is 29.8 Å². The van der Waals surface area contributed by atoms with Gasteiger partial charge in [-0.05, 0) is 37.5 Å². The Morgan fingerprint density at radius 2 is 1.93 bits per heavy atom. The maximum Gasteiger partial charge on any atom is 0.119 e. The van der Waals surface area contributed by atoms with Crippen molar-refractivity contribution >= 4 is 0 Å². The molecule has 0 spiro atoms. The third-order valence-electron chi connectivity index (χ3n) is 2.25. The van der Waals surface area contributed by atoms with Crippen LogP contribution in [0.4, 0.5) is 0 Å². The number of unbranched alkanes of at least 4 members (excludes halogenated alkanes) is 1. The summed E-state index contributed by atoms with van der Waals surface area (Å²) in [5.74, 6) is 0.955. The van der Waals surface area contributed by atoms with Crippen LogP contribution < -0.4 is 10.5 Å². The van der Waals surface area contributed by atoms with Crippen LogP contribution >= 0.6 is 0 Å². The lowest BCUT2D eigenvalue weighted by Crippen LogP contribution is -2.17. The summed E-state index contributed by atoms with van der Waals surface area (Å²) in [6.45, 7) is 4.99. The van der Waals surface area contributed by atoms with E-state index in [4.69, 9.17) is 10.5 Å². The molecule has 1 aromatic rings. The van der Waals surface area contributed by atoms with Crippen molar-refractivity contribution in [1.29, 1.82) is 0 Å². The Hall–Kier alpha value is -1.02. The number of rotatable bonds is 6. The number of nitrogens with two attached hydrogens (primary N) is 1. The van der Waals surface area contributed by atoms with E-state index in [1.54, 1.807) is 0 Å². The Balaban J connectivity index is 2.42. The Kier molecular flexibility index (Phi) is 5.19. The predicted octanol–water partition coefficient (Wildman–Crippen LogP) is 2.76. The molecule has 0 aromatic heterocycles. The minimum absolute atomic E-state index is 0.219. The van der Waals surface area contributed by atoms with Gasteiger partial charge in [-0.15, -0.1) is 0 Å². The molecule has 2 heteroatoms. The fraction of sp³-hybridized carbons (Fsp3) is 0.538. The van der Waals surface area contributed by atoms with Crippen molar-refractivity contribution in [3.63, 3.8) is 0 Å². The van der Waals surface area contributed by atoms with Crippen LogP contribution in [0, 0.1) is 0 Å². The maximum absolute atomic E-state index is 5.73. The summed E-state index contributed by atoms with van der Waals surface area (Å²) in [7, 11) is 0. The van der Waals surface area contributed by atoms with Crippen molar-refractivity contribution in [3.8, 4) is 5.75 Å². The fourth-order valence-electron chi connectivity index (χ4n) is 1.43. The van der Waals surface area contributed by atoms with Crippen LogP contribution in [-0.4, -0.2) is 12.6 Å². The zero-order valence-corrected chi connectivity index (χ0v) is 9.70. The minimum Gasteiger partial charge on any atom is -0.494 e. The number of benzene rings is 1. The molecule has 1 aromatic carbocycles. The first-order valence-electron chi connectivity index (χ1n) is 5.69. The van der Waals surface area contributed by atoms with Crippen molar-refractivity contribution in [1.82, 2.24) is 0 Å². The van der Waals surface area contributed by atoms with Crippen LogP contribution in [0.5, 0.6) is 5.75 Å². The molecular formula is C13H21NO. The predicted molar refractivity (Wildman–Crippen MR) is 64.2 cm³/mol. The maximum atomic E-state index is 5.73. The molecule has 84 valence electrons. The van der Waals surface area contributed by atoms with Gasteiger partial charge in [0.1, 0.15) is 5.75 Å². The van der Waals surface area contributed by atoms with Gasteiger partial charge in [0.2, 0.25) is 0 Å². The zero-order chi connectivity index (χ0) is 11.1. The lowest BCUT2D eigenvalue weighted by molar-refractivity contribution is 0.309. The van der Waals surface area contributed by atoms with Gasteiger partial charge in [0.15, 0.2) is 0 Å². The molecule has 0 aliphatic heterocycles. The average Bonchev–Trinajstić information content (AvgIpc) is 2.20. The highest BCUT2D eigenvalue weighted by atomic mass is 16.5. The normalized spacial score (nSPS) is 12.5. The number of hydrogen-bond acceptors (Lipinski definition) is 2. The Labute approximate surface area is 92.4 Å². The number of hydrogen-bond donors (Lipinski definition) is 1. The standard InChI is InChI=1S/C13H21NO/c1-3-4-9-15-13-7-5-12(6-8-13)10-11(2)14/h5-8,11H,3-4,9-10,14H2,1-2H3. The molecule has 0 saturated carbocycles. The highest BCUT2D eigenvalue weighted by molar-refractivity contribution is 5.27. The zero-order valence-electron chi connectivity index (χ0n) is 9.70. The van der Waals surface area contributed by atoms with Gasteiger partial charge in [0, 0.05) is 6.04 Å². The van der Waals surface area contributed by atoms with Crippen molar-refractivity contribution in [2.24, 2.45) is 5.73 Å². The van der Waals surface area contributed by atoms with Crippen LogP contribution in [0.2, 0.25) is 0 Å². The van der Waals surface area contributed by atoms with Gasteiger partial charge in [-0.1, -0.05) is 25.5 Å². The van der Waals surface area contributed by atoms with Crippen LogP contribution in [0.1, 0.15) is 32.3 Å². The lowest BCUT2D eigenvalue weighted by atomic mass is 10.1. The van der Waals surface area contributed by atoms with E-state index in [1.165, 1.54) is 12.0 Å². The smallest absolute Gasteiger partial charge is 0.119 e. The van der Waals surface area contributed by atoms with Gasteiger partial charge in [0.05, 0.1) is 6.61 Å². The Bertz CT molecular complexity index is 266. The second-order valence-electron chi connectivity index (χ2n) is 4.03. The molecule has 2 nitrogen and oxygen atoms in total. The van der Waals surface area contributed by atoms with Crippen LogP contribution in [0.15, 0.2) is 24.3 Å². The van der Waals surface area contributed by atoms with Gasteiger partial charge in [-0.3, -0.25) is 0 Å². The van der Waals surface area contributed by atoms with Gasteiger partial charge in [-0.25, -0.2) is 0 Å². The molecule has 0 bridgehead atoms. The second-order valence-corrected chi connectivity index (χ2v) is 4.03. The molecule has 0 fully saturated rings. The summed E-state index contributed by atoms with van der Waals surface area (Å²) < 4.78 is 5.58. The molecular weight excluding hydrogens is 186 g/mol. The topological polar surface area (TPSA) is 35.2 Å². The first-order chi connectivity index (χ1) is 7.22. The molecule has 1 rings (SSSR count). The van der Waals surface area contributed by atoms with Gasteiger partial charge >= 0.3 is 0 Å². The van der Waals surface area contributed by atoms with Crippen molar-refractivity contribution in [2.45, 2.75) is 39.2 Å². The Morgan fingerprint density at radius 1 is 1.27 bits per heavy atom. The van der Waals surface area contributed by atoms with E-state index in [2.05, 4.69) is 19.1 Å². The van der Waals surface area contributed by atoms with Crippen LogP contribution in [0.3, 0.4) is 0 Å². The minimum atomic E-state index is 0.219. The first-order valence-corrected chi connectivity index (χ1v) is 5.69. The van der Waals surface area contributed by atoms with E-state index in [-0.39, 0.29) is 6.04 Å². The molecule has 0 aliphatic rings. The largest absolute Gasteiger partial charge is 0.494 e. The monoisotopic (exact) mass is 207 g/mol. The molecule has 1 atom stereocenters. The lowest BCUT2D eigenvalue weighted by Gasteiger charge is -2.08. The molecule has 1 unspecified atom stereocenters. The van der Waals surface area contributed by atoms with E-state index in [0.29, 0.717) is 0 Å². The highest BCUT2D eigenvalue weighted by Gasteiger charge is 1.98. The SMILES string of the molecule is CCCCOc1ccc(CC(C)N)cc1. The quantitative estimate of drug-likeness (QED) is 0.728. The molecule has 15 heavy (non-hydrogen) atoms. The number of ether oxygens (including phenoxy) is 1. The van der Waals surface area contributed by atoms with Crippen molar-refractivity contribution in [2.75, 3.05) is 6.61 Å². The Morgan fingerprint density at radius 3 is 2.47 bits per heavy atom. The van der Waals surface area contributed by atoms with E-state index >= 15 is 0 Å². The molecule has 0 heterocycles. The van der Waals surface area contributed by atoms with E-state index < -0.39 is 0 Å².